The minimum Gasteiger partial charge on any atom is -0.272 e. The lowest BCUT2D eigenvalue weighted by Gasteiger charge is -2.12. The molecule has 0 saturated heterocycles. The van der Waals surface area contributed by atoms with Crippen molar-refractivity contribution in [3.63, 3.8) is 0 Å². The van der Waals surface area contributed by atoms with Crippen LogP contribution in [-0.2, 0) is 19.4 Å². The number of aromatic nitrogens is 6. The highest BCUT2D eigenvalue weighted by atomic mass is 15.4. The number of benzene rings is 1. The van der Waals surface area contributed by atoms with E-state index in [1.807, 2.05) is 45.9 Å². The average molecular weight is 358 g/mol. The predicted octanol–water partition coefficient (Wildman–Crippen LogP) is 3.45. The Morgan fingerprint density at radius 1 is 0.926 bits per heavy atom. The van der Waals surface area contributed by atoms with Gasteiger partial charge in [-0.1, -0.05) is 43.3 Å². The summed E-state index contributed by atoms with van der Waals surface area (Å²) in [5, 5.41) is 9.07. The van der Waals surface area contributed by atoms with Crippen LogP contribution in [0.3, 0.4) is 0 Å². The van der Waals surface area contributed by atoms with Gasteiger partial charge in [0.2, 0.25) is 0 Å². The average Bonchev–Trinajstić information content (AvgIpc) is 3.38. The second kappa shape index (κ2) is 7.95. The number of aryl methyl sites for hydroxylation is 2. The number of rotatable bonds is 7. The van der Waals surface area contributed by atoms with Gasteiger partial charge in [-0.25, -0.2) is 9.97 Å². The van der Waals surface area contributed by atoms with Gasteiger partial charge in [-0.2, -0.15) is 9.78 Å². The third-order valence-electron chi connectivity index (χ3n) is 4.48. The van der Waals surface area contributed by atoms with E-state index in [4.69, 9.17) is 10.1 Å². The van der Waals surface area contributed by atoms with Crippen LogP contribution in [0.15, 0.2) is 73.2 Å². The smallest absolute Gasteiger partial charge is 0.155 e. The molecule has 1 unspecified atom stereocenters. The fourth-order valence-corrected chi connectivity index (χ4v) is 3.11. The van der Waals surface area contributed by atoms with Gasteiger partial charge in [0.05, 0.1) is 6.54 Å². The van der Waals surface area contributed by atoms with Crippen molar-refractivity contribution in [1.29, 1.82) is 0 Å². The molecule has 0 bridgehead atoms. The minimum absolute atomic E-state index is 0.157. The van der Waals surface area contributed by atoms with Crippen molar-refractivity contribution in [3.05, 3.63) is 90.4 Å². The zero-order valence-corrected chi connectivity index (χ0v) is 15.3. The molecule has 6 nitrogen and oxygen atoms in total. The highest BCUT2D eigenvalue weighted by molar-refractivity contribution is 5.23. The molecule has 1 aromatic carbocycles. The maximum Gasteiger partial charge on any atom is 0.155 e. The molecule has 0 radical (unpaired) electrons. The normalized spacial score (nSPS) is 12.2. The van der Waals surface area contributed by atoms with Gasteiger partial charge in [0.15, 0.2) is 11.6 Å². The lowest BCUT2D eigenvalue weighted by atomic mass is 10.1. The first-order valence-corrected chi connectivity index (χ1v) is 9.18. The molecule has 0 aliphatic heterocycles. The Balaban J connectivity index is 1.60. The lowest BCUT2D eigenvalue weighted by molar-refractivity contribution is 0.514. The fraction of sp³-hybridized carbons (Fsp3) is 0.238. The molecular formula is C21H22N6. The summed E-state index contributed by atoms with van der Waals surface area (Å²) in [6.45, 7) is 2.89. The molecule has 0 N–H and O–H groups in total. The van der Waals surface area contributed by atoms with Crippen LogP contribution < -0.4 is 0 Å². The third kappa shape index (κ3) is 4.11. The van der Waals surface area contributed by atoms with Crippen LogP contribution in [0, 0.1) is 0 Å². The molecule has 4 aromatic rings. The van der Waals surface area contributed by atoms with Gasteiger partial charge in [-0.3, -0.25) is 4.68 Å². The van der Waals surface area contributed by atoms with Gasteiger partial charge < -0.3 is 0 Å². The Kier molecular flexibility index (Phi) is 5.05. The molecule has 27 heavy (non-hydrogen) atoms. The molecule has 0 saturated carbocycles. The summed E-state index contributed by atoms with van der Waals surface area (Å²) in [6, 6.07) is 18.2. The standard InChI is InChI=1S/C21H22N6/c1-17(16-26-15-7-14-23-26)21-24-19(12-11-18-8-3-2-4-9-18)25-27(21)20-10-5-6-13-22-20/h2-10,13-15,17H,11-12,16H2,1H3. The van der Waals surface area contributed by atoms with E-state index in [1.54, 1.807) is 12.4 Å². The van der Waals surface area contributed by atoms with E-state index >= 15 is 0 Å². The van der Waals surface area contributed by atoms with Gasteiger partial charge in [0, 0.05) is 30.9 Å². The Hall–Kier alpha value is -3.28. The largest absolute Gasteiger partial charge is 0.272 e. The third-order valence-corrected chi connectivity index (χ3v) is 4.48. The Bertz CT molecular complexity index is 961. The summed E-state index contributed by atoms with van der Waals surface area (Å²) in [5.74, 6) is 2.70. The van der Waals surface area contributed by atoms with Crippen LogP contribution in [0.25, 0.3) is 5.82 Å². The maximum atomic E-state index is 4.85. The summed E-state index contributed by atoms with van der Waals surface area (Å²) in [7, 11) is 0. The van der Waals surface area contributed by atoms with Crippen molar-refractivity contribution < 1.29 is 0 Å². The van der Waals surface area contributed by atoms with Gasteiger partial charge in [0.25, 0.3) is 0 Å². The van der Waals surface area contributed by atoms with Crippen molar-refractivity contribution in [2.24, 2.45) is 0 Å². The molecule has 0 aliphatic rings. The van der Waals surface area contributed by atoms with Crippen molar-refractivity contribution >= 4 is 0 Å². The second-order valence-electron chi connectivity index (χ2n) is 6.60. The maximum absolute atomic E-state index is 4.85. The van der Waals surface area contributed by atoms with E-state index in [0.29, 0.717) is 0 Å². The van der Waals surface area contributed by atoms with E-state index in [0.717, 1.165) is 36.9 Å². The Labute approximate surface area is 158 Å². The minimum atomic E-state index is 0.157. The predicted molar refractivity (Wildman–Crippen MR) is 104 cm³/mol. The van der Waals surface area contributed by atoms with Crippen LogP contribution in [0.5, 0.6) is 0 Å². The summed E-state index contributed by atoms with van der Waals surface area (Å²) < 4.78 is 3.79. The first kappa shape index (κ1) is 17.1. The van der Waals surface area contributed by atoms with E-state index in [1.165, 1.54) is 5.56 Å². The van der Waals surface area contributed by atoms with Crippen LogP contribution in [-0.4, -0.2) is 29.5 Å². The number of hydrogen-bond donors (Lipinski definition) is 0. The van der Waals surface area contributed by atoms with Gasteiger partial charge in [-0.05, 0) is 30.2 Å². The molecule has 0 aliphatic carbocycles. The Morgan fingerprint density at radius 3 is 2.52 bits per heavy atom. The molecule has 3 heterocycles. The summed E-state index contributed by atoms with van der Waals surface area (Å²) in [5.41, 5.74) is 1.29. The van der Waals surface area contributed by atoms with Crippen molar-refractivity contribution in [2.75, 3.05) is 0 Å². The molecule has 0 fully saturated rings. The molecule has 6 heteroatoms. The van der Waals surface area contributed by atoms with Crippen LogP contribution >= 0.6 is 0 Å². The molecule has 4 rings (SSSR count). The molecule has 1 atom stereocenters. The van der Waals surface area contributed by atoms with E-state index in [9.17, 15) is 0 Å². The Morgan fingerprint density at radius 2 is 1.78 bits per heavy atom. The van der Waals surface area contributed by atoms with Crippen LogP contribution in [0.4, 0.5) is 0 Å². The highest BCUT2D eigenvalue weighted by Crippen LogP contribution is 2.19. The lowest BCUT2D eigenvalue weighted by Crippen LogP contribution is -2.13. The quantitative estimate of drug-likeness (QED) is 0.508. The van der Waals surface area contributed by atoms with Crippen LogP contribution in [0.1, 0.15) is 30.1 Å². The number of pyridine rings is 1. The van der Waals surface area contributed by atoms with Crippen molar-refractivity contribution in [3.8, 4) is 5.82 Å². The number of nitrogens with zero attached hydrogens (tertiary/aromatic N) is 6. The van der Waals surface area contributed by atoms with Crippen molar-refractivity contribution in [2.45, 2.75) is 32.2 Å². The molecule has 0 spiro atoms. The topological polar surface area (TPSA) is 61.4 Å². The molecule has 3 aromatic heterocycles. The summed E-state index contributed by atoms with van der Waals surface area (Å²) in [4.78, 5) is 9.31. The van der Waals surface area contributed by atoms with Gasteiger partial charge >= 0.3 is 0 Å². The van der Waals surface area contributed by atoms with Crippen molar-refractivity contribution in [1.82, 2.24) is 29.5 Å². The summed E-state index contributed by atoms with van der Waals surface area (Å²) >= 11 is 0. The first-order chi connectivity index (χ1) is 13.3. The van der Waals surface area contributed by atoms with Crippen LogP contribution in [0.2, 0.25) is 0 Å². The van der Waals surface area contributed by atoms with E-state index in [2.05, 4.69) is 41.3 Å². The molecule has 136 valence electrons. The van der Waals surface area contributed by atoms with Gasteiger partial charge in [-0.15, -0.1) is 5.10 Å². The zero-order valence-electron chi connectivity index (χ0n) is 15.3. The van der Waals surface area contributed by atoms with E-state index < -0.39 is 0 Å². The monoisotopic (exact) mass is 358 g/mol. The fourth-order valence-electron chi connectivity index (χ4n) is 3.11. The number of hydrogen-bond acceptors (Lipinski definition) is 4. The van der Waals surface area contributed by atoms with Gasteiger partial charge in [0.1, 0.15) is 5.82 Å². The molecular weight excluding hydrogens is 336 g/mol. The first-order valence-electron chi connectivity index (χ1n) is 9.18. The second-order valence-corrected chi connectivity index (χ2v) is 6.60. The summed E-state index contributed by atoms with van der Waals surface area (Å²) in [6.07, 6.45) is 7.25. The molecule has 0 amide bonds. The highest BCUT2D eigenvalue weighted by Gasteiger charge is 2.19. The zero-order chi connectivity index (χ0) is 18.5. The SMILES string of the molecule is CC(Cn1cccn1)c1nc(CCc2ccccc2)nn1-c1ccccn1. The van der Waals surface area contributed by atoms with E-state index in [-0.39, 0.29) is 5.92 Å².